The third-order valence-electron chi connectivity index (χ3n) is 2.33. The van der Waals surface area contributed by atoms with Crippen LogP contribution in [0.5, 0.6) is 0 Å². The van der Waals surface area contributed by atoms with Gasteiger partial charge in [0.25, 0.3) is 0 Å². The molecule has 0 aliphatic heterocycles. The highest BCUT2D eigenvalue weighted by Crippen LogP contribution is 2.11. The first-order chi connectivity index (χ1) is 6.66. The molecule has 0 amide bonds. The van der Waals surface area contributed by atoms with Gasteiger partial charge in [-0.3, -0.25) is 0 Å². The Morgan fingerprint density at radius 2 is 1.86 bits per heavy atom. The summed E-state index contributed by atoms with van der Waals surface area (Å²) in [5.41, 5.74) is 0. The maximum atomic E-state index is 3.50. The second-order valence-corrected chi connectivity index (χ2v) is 5.87. The van der Waals surface area contributed by atoms with Gasteiger partial charge in [0.15, 0.2) is 0 Å². The molecule has 0 aromatic carbocycles. The Labute approximate surface area is 94.4 Å². The molecule has 0 aromatic heterocycles. The van der Waals surface area contributed by atoms with Crippen molar-refractivity contribution in [2.75, 3.05) is 24.6 Å². The van der Waals surface area contributed by atoms with Crippen LogP contribution in [-0.2, 0) is 0 Å². The summed E-state index contributed by atoms with van der Waals surface area (Å²) in [7, 11) is 0. The predicted molar refractivity (Wildman–Crippen MR) is 69.1 cm³/mol. The van der Waals surface area contributed by atoms with E-state index in [1.807, 2.05) is 0 Å². The van der Waals surface area contributed by atoms with E-state index in [4.69, 9.17) is 0 Å². The van der Waals surface area contributed by atoms with Crippen molar-refractivity contribution in [2.24, 2.45) is 11.8 Å². The first kappa shape index (κ1) is 14.3. The Bertz CT molecular complexity index is 115. The van der Waals surface area contributed by atoms with Crippen molar-refractivity contribution >= 4 is 11.8 Å². The summed E-state index contributed by atoms with van der Waals surface area (Å²) in [6.07, 6.45) is 2.71. The minimum atomic E-state index is 0.779. The number of hydrogen-bond acceptors (Lipinski definition) is 2. The van der Waals surface area contributed by atoms with E-state index in [2.05, 4.69) is 44.8 Å². The maximum Gasteiger partial charge on any atom is -0.00258 e. The molecule has 0 radical (unpaired) electrons. The average Bonchev–Trinajstić information content (AvgIpc) is 2.13. The molecule has 0 rings (SSSR count). The zero-order valence-electron chi connectivity index (χ0n) is 10.3. The van der Waals surface area contributed by atoms with Crippen molar-refractivity contribution < 1.29 is 0 Å². The van der Waals surface area contributed by atoms with Crippen LogP contribution in [-0.4, -0.2) is 24.6 Å². The van der Waals surface area contributed by atoms with E-state index in [9.17, 15) is 0 Å². The van der Waals surface area contributed by atoms with Gasteiger partial charge in [-0.05, 0) is 49.3 Å². The van der Waals surface area contributed by atoms with Crippen LogP contribution in [0.1, 0.15) is 40.5 Å². The predicted octanol–water partition coefficient (Wildman–Crippen LogP) is 3.40. The zero-order chi connectivity index (χ0) is 10.8. The first-order valence-electron chi connectivity index (χ1n) is 5.95. The third kappa shape index (κ3) is 10.4. The highest BCUT2D eigenvalue weighted by atomic mass is 32.2. The van der Waals surface area contributed by atoms with Gasteiger partial charge in [0.1, 0.15) is 0 Å². The smallest absolute Gasteiger partial charge is 0.00258 e. The van der Waals surface area contributed by atoms with Gasteiger partial charge < -0.3 is 5.32 Å². The summed E-state index contributed by atoms with van der Waals surface area (Å²) in [4.78, 5) is 0. The lowest BCUT2D eigenvalue weighted by Crippen LogP contribution is -2.22. The minimum absolute atomic E-state index is 0.779. The van der Waals surface area contributed by atoms with Gasteiger partial charge in [-0.25, -0.2) is 0 Å². The van der Waals surface area contributed by atoms with E-state index < -0.39 is 0 Å². The second-order valence-electron chi connectivity index (χ2n) is 4.48. The number of nitrogens with one attached hydrogen (secondary N) is 1. The fourth-order valence-electron chi connectivity index (χ4n) is 1.31. The largest absolute Gasteiger partial charge is 0.316 e. The van der Waals surface area contributed by atoms with Crippen molar-refractivity contribution in [3.63, 3.8) is 0 Å². The molecule has 1 N–H and O–H groups in total. The van der Waals surface area contributed by atoms with Gasteiger partial charge in [0.2, 0.25) is 0 Å². The molecular weight excluding hydrogens is 190 g/mol. The second kappa shape index (κ2) is 9.85. The monoisotopic (exact) mass is 217 g/mol. The molecule has 1 unspecified atom stereocenters. The van der Waals surface area contributed by atoms with Crippen LogP contribution in [0.2, 0.25) is 0 Å². The maximum absolute atomic E-state index is 3.50. The van der Waals surface area contributed by atoms with E-state index >= 15 is 0 Å². The van der Waals surface area contributed by atoms with E-state index in [1.165, 1.54) is 30.9 Å². The number of rotatable bonds is 9. The Hall–Kier alpha value is 0.310. The van der Waals surface area contributed by atoms with E-state index in [0.717, 1.165) is 18.4 Å². The standard InChI is InChI=1S/C12H27NS/c1-5-14-9-7-12(4)6-8-13-10-11(2)3/h11-13H,5-10H2,1-4H3. The summed E-state index contributed by atoms with van der Waals surface area (Å²) in [5, 5.41) is 3.50. The van der Waals surface area contributed by atoms with Crippen LogP contribution in [0, 0.1) is 11.8 Å². The summed E-state index contributed by atoms with van der Waals surface area (Å²) in [6, 6.07) is 0. The van der Waals surface area contributed by atoms with Crippen molar-refractivity contribution in [3.05, 3.63) is 0 Å². The van der Waals surface area contributed by atoms with Crippen molar-refractivity contribution in [3.8, 4) is 0 Å². The van der Waals surface area contributed by atoms with Crippen LogP contribution < -0.4 is 5.32 Å². The number of thioether (sulfide) groups is 1. The fraction of sp³-hybridized carbons (Fsp3) is 1.00. The summed E-state index contributed by atoms with van der Waals surface area (Å²) in [5.74, 6) is 4.26. The van der Waals surface area contributed by atoms with Crippen molar-refractivity contribution in [1.29, 1.82) is 0 Å². The van der Waals surface area contributed by atoms with Crippen LogP contribution in [0.15, 0.2) is 0 Å². The molecule has 1 nitrogen and oxygen atoms in total. The quantitative estimate of drug-likeness (QED) is 0.594. The topological polar surface area (TPSA) is 12.0 Å². The molecule has 0 bridgehead atoms. The van der Waals surface area contributed by atoms with Crippen LogP contribution in [0.4, 0.5) is 0 Å². The van der Waals surface area contributed by atoms with Gasteiger partial charge in [0.05, 0.1) is 0 Å². The molecule has 0 heterocycles. The molecule has 0 fully saturated rings. The molecule has 14 heavy (non-hydrogen) atoms. The molecule has 0 aliphatic carbocycles. The summed E-state index contributed by atoms with van der Waals surface area (Å²) >= 11 is 2.06. The Morgan fingerprint density at radius 3 is 2.43 bits per heavy atom. The molecular formula is C12H27NS. The highest BCUT2D eigenvalue weighted by molar-refractivity contribution is 7.99. The lowest BCUT2D eigenvalue weighted by molar-refractivity contribution is 0.469. The minimum Gasteiger partial charge on any atom is -0.316 e. The highest BCUT2D eigenvalue weighted by Gasteiger charge is 2.01. The molecule has 2 heteroatoms. The molecule has 1 atom stereocenters. The van der Waals surface area contributed by atoms with Gasteiger partial charge in [-0.15, -0.1) is 0 Å². The molecule has 0 saturated carbocycles. The zero-order valence-corrected chi connectivity index (χ0v) is 11.1. The third-order valence-corrected chi connectivity index (χ3v) is 3.26. The Kier molecular flexibility index (Phi) is 10.1. The normalized spacial score (nSPS) is 13.5. The van der Waals surface area contributed by atoms with Crippen molar-refractivity contribution in [1.82, 2.24) is 5.32 Å². The van der Waals surface area contributed by atoms with E-state index in [1.54, 1.807) is 0 Å². The molecule has 86 valence electrons. The summed E-state index contributed by atoms with van der Waals surface area (Å²) in [6.45, 7) is 11.5. The molecule has 0 aromatic rings. The lowest BCUT2D eigenvalue weighted by Gasteiger charge is -2.12. The van der Waals surface area contributed by atoms with E-state index in [0.29, 0.717) is 0 Å². The van der Waals surface area contributed by atoms with Gasteiger partial charge >= 0.3 is 0 Å². The SMILES string of the molecule is CCSCCC(C)CCNCC(C)C. The Balaban J connectivity index is 3.14. The van der Waals surface area contributed by atoms with Crippen LogP contribution in [0.3, 0.4) is 0 Å². The summed E-state index contributed by atoms with van der Waals surface area (Å²) < 4.78 is 0. The number of hydrogen-bond donors (Lipinski definition) is 1. The molecule has 0 aliphatic rings. The van der Waals surface area contributed by atoms with Gasteiger partial charge in [0, 0.05) is 0 Å². The average molecular weight is 217 g/mol. The van der Waals surface area contributed by atoms with Gasteiger partial charge in [-0.1, -0.05) is 27.7 Å². The first-order valence-corrected chi connectivity index (χ1v) is 7.10. The lowest BCUT2D eigenvalue weighted by atomic mass is 10.1. The Morgan fingerprint density at radius 1 is 1.14 bits per heavy atom. The molecule has 0 spiro atoms. The fourth-order valence-corrected chi connectivity index (χ4v) is 2.17. The van der Waals surface area contributed by atoms with Crippen LogP contribution >= 0.6 is 11.8 Å². The van der Waals surface area contributed by atoms with Crippen LogP contribution in [0.25, 0.3) is 0 Å². The van der Waals surface area contributed by atoms with Crippen molar-refractivity contribution in [2.45, 2.75) is 40.5 Å². The molecule has 0 saturated heterocycles. The van der Waals surface area contributed by atoms with E-state index in [-0.39, 0.29) is 0 Å². The van der Waals surface area contributed by atoms with Gasteiger partial charge in [-0.2, -0.15) is 11.8 Å².